The molecular weight excluding hydrogens is 921 g/mol. The number of hydrogen-bond donors (Lipinski definition) is 6. The van der Waals surface area contributed by atoms with E-state index in [1.54, 1.807) is 11.8 Å². The number of benzene rings is 3. The molecule has 8 N–H and O–H groups in total. The smallest absolute Gasteiger partial charge is 0.315 e. The van der Waals surface area contributed by atoms with Crippen LogP contribution in [0.15, 0.2) is 91.0 Å². The number of nitrogens with zero attached hydrogens (tertiary/aromatic N) is 4. The molecule has 1 unspecified atom stereocenters. The molecule has 2 aliphatic heterocycles. The fourth-order valence-corrected chi connectivity index (χ4v) is 10.7. The number of carbonyl (C=O) groups excluding carboxylic acids is 7. The summed E-state index contributed by atoms with van der Waals surface area (Å²) in [5.41, 5.74) is 14.2. The molecule has 71 heavy (non-hydrogen) atoms. The molecule has 0 aliphatic carbocycles. The first kappa shape index (κ1) is 55.9. The molecule has 18 heteroatoms. The second-order valence-corrected chi connectivity index (χ2v) is 20.0. The van der Waals surface area contributed by atoms with Crippen LogP contribution in [0.3, 0.4) is 0 Å². The van der Waals surface area contributed by atoms with Crippen molar-refractivity contribution >= 4 is 53.2 Å². The Morgan fingerprint density at radius 3 is 1.85 bits per heavy atom. The molecular formula is C53H76N10O7S. The monoisotopic (exact) mass is 997 g/mol. The zero-order chi connectivity index (χ0) is 51.3. The fourth-order valence-electron chi connectivity index (χ4n) is 9.12. The fraction of sp³-hybridized carbons (Fsp3) is 0.528. The molecule has 3 aromatic carbocycles. The van der Waals surface area contributed by atoms with Gasteiger partial charge in [-0.05, 0) is 96.0 Å². The van der Waals surface area contributed by atoms with E-state index in [0.29, 0.717) is 57.0 Å². The standard InChI is InChI=1S/C53H76N10O7S/c1-37(40-20-8-5-9-21-40)60(4)33-48(66)61(31-19-17-29-54)34-49(67)63(39(3)42-24-12-7-13-25-42)35-50(68)62(38(2)41-22-10-6-11-23-41)32-47(65)57-43(52(55)69)26-16-18-30-56-46(64)28-15-14-27-45-51-44(36-71-45)58-53(70)59-51/h5-13,20-25,37-39,43-45,51H,14-19,26-36,54H2,1-4H3,(H2,55,69)(H,56,64)(H,57,65)(H2,58,59,70)/t37-,38-,39-,43-,44-,45?,51-/m0/s1. The largest absolute Gasteiger partial charge is 0.368 e. The first-order valence-corrected chi connectivity index (χ1v) is 26.2. The van der Waals surface area contributed by atoms with Crippen LogP contribution < -0.4 is 32.7 Å². The molecule has 0 bridgehead atoms. The average molecular weight is 997 g/mol. The topological polar surface area (TPSA) is 233 Å². The Morgan fingerprint density at radius 1 is 0.676 bits per heavy atom. The van der Waals surface area contributed by atoms with E-state index >= 15 is 0 Å². The van der Waals surface area contributed by atoms with Crippen molar-refractivity contribution in [2.75, 3.05) is 58.6 Å². The van der Waals surface area contributed by atoms with E-state index in [4.69, 9.17) is 11.5 Å². The van der Waals surface area contributed by atoms with Gasteiger partial charge in [-0.3, -0.25) is 33.7 Å². The van der Waals surface area contributed by atoms with Crippen molar-refractivity contribution in [2.45, 2.75) is 120 Å². The second-order valence-electron chi connectivity index (χ2n) is 18.8. The Bertz CT molecular complexity index is 2190. The van der Waals surface area contributed by atoms with Crippen LogP contribution in [0.1, 0.15) is 113 Å². The van der Waals surface area contributed by atoms with Crippen molar-refractivity contribution in [3.63, 3.8) is 0 Å². The molecule has 2 heterocycles. The van der Waals surface area contributed by atoms with Gasteiger partial charge < -0.3 is 47.4 Å². The zero-order valence-electron chi connectivity index (χ0n) is 41.9. The highest BCUT2D eigenvalue weighted by Gasteiger charge is 2.42. The van der Waals surface area contributed by atoms with Crippen molar-refractivity contribution < 1.29 is 33.6 Å². The Labute approximate surface area is 423 Å². The number of amides is 8. The van der Waals surface area contributed by atoms with E-state index in [9.17, 15) is 33.6 Å². The molecule has 2 fully saturated rings. The number of nitrogens with one attached hydrogen (secondary N) is 4. The third-order valence-electron chi connectivity index (χ3n) is 13.6. The highest BCUT2D eigenvalue weighted by atomic mass is 32.2. The van der Waals surface area contributed by atoms with E-state index in [0.717, 1.165) is 41.7 Å². The van der Waals surface area contributed by atoms with Gasteiger partial charge >= 0.3 is 6.03 Å². The maximum absolute atomic E-state index is 14.7. The Kier molecular flexibility index (Phi) is 22.7. The first-order chi connectivity index (χ1) is 34.2. The Morgan fingerprint density at radius 2 is 1.25 bits per heavy atom. The van der Waals surface area contributed by atoms with Gasteiger partial charge in [0, 0.05) is 36.6 Å². The number of primary amides is 1. The molecule has 17 nitrogen and oxygen atoms in total. The molecule has 3 aromatic rings. The predicted octanol–water partition coefficient (Wildman–Crippen LogP) is 4.41. The van der Waals surface area contributed by atoms with Gasteiger partial charge in [0.25, 0.3) is 0 Å². The summed E-state index contributed by atoms with van der Waals surface area (Å²) < 4.78 is 0. The lowest BCUT2D eigenvalue weighted by Crippen LogP contribution is -2.52. The molecule has 5 rings (SSSR count). The van der Waals surface area contributed by atoms with E-state index < -0.39 is 54.8 Å². The predicted molar refractivity (Wildman–Crippen MR) is 277 cm³/mol. The van der Waals surface area contributed by atoms with Gasteiger partial charge in [-0.25, -0.2) is 4.79 Å². The van der Waals surface area contributed by atoms with Crippen molar-refractivity contribution in [3.05, 3.63) is 108 Å². The lowest BCUT2D eigenvalue weighted by Gasteiger charge is -2.36. The van der Waals surface area contributed by atoms with Crippen molar-refractivity contribution in [1.29, 1.82) is 0 Å². The first-order valence-electron chi connectivity index (χ1n) is 25.1. The van der Waals surface area contributed by atoms with Gasteiger partial charge in [0.2, 0.25) is 35.4 Å². The zero-order valence-corrected chi connectivity index (χ0v) is 42.7. The number of rotatable bonds is 30. The van der Waals surface area contributed by atoms with Crippen LogP contribution in [0.2, 0.25) is 0 Å². The molecule has 0 aromatic heterocycles. The molecule has 7 atom stereocenters. The number of unbranched alkanes of at least 4 members (excludes halogenated alkanes) is 3. The summed E-state index contributed by atoms with van der Waals surface area (Å²) in [5.74, 6) is -1.67. The minimum absolute atomic E-state index is 0.0568. The highest BCUT2D eigenvalue weighted by Crippen LogP contribution is 2.33. The van der Waals surface area contributed by atoms with Gasteiger partial charge in [0.05, 0.1) is 37.3 Å². The van der Waals surface area contributed by atoms with Crippen LogP contribution in [-0.4, -0.2) is 143 Å². The van der Waals surface area contributed by atoms with Crippen LogP contribution in [0.25, 0.3) is 0 Å². The number of hydrogen-bond acceptors (Lipinski definition) is 10. The molecule has 0 radical (unpaired) electrons. The summed E-state index contributed by atoms with van der Waals surface area (Å²) in [6.45, 7) is 5.73. The Hall–Kier alpha value is -5.98. The van der Waals surface area contributed by atoms with Gasteiger partial charge in [0.1, 0.15) is 19.1 Å². The van der Waals surface area contributed by atoms with E-state index in [-0.39, 0.29) is 55.5 Å². The molecule has 8 amide bonds. The quantitative estimate of drug-likeness (QED) is 0.0407. The van der Waals surface area contributed by atoms with Gasteiger partial charge in [-0.2, -0.15) is 11.8 Å². The van der Waals surface area contributed by atoms with Gasteiger partial charge in [-0.15, -0.1) is 0 Å². The van der Waals surface area contributed by atoms with Gasteiger partial charge in [-0.1, -0.05) is 97.4 Å². The van der Waals surface area contributed by atoms with Crippen molar-refractivity contribution in [2.24, 2.45) is 11.5 Å². The summed E-state index contributed by atoms with van der Waals surface area (Å²) >= 11 is 1.85. The van der Waals surface area contributed by atoms with E-state index in [1.165, 1.54) is 9.80 Å². The molecule has 386 valence electrons. The minimum atomic E-state index is -1.02. The molecule has 2 aliphatic rings. The van der Waals surface area contributed by atoms with Crippen LogP contribution >= 0.6 is 11.8 Å². The normalized spacial score (nSPS) is 17.7. The SMILES string of the molecule is C[C@@H](c1ccccc1)N(C)CC(=O)N(CCCCN)CC(=O)N(CC(=O)N(CC(=O)N[C@@H](CCCCNC(=O)CCCCC1SC[C@@H]2NC(=O)N[C@H]12)C(N)=O)[C@@H](C)c1ccccc1)[C@@H](C)c1ccccc1. The van der Waals surface area contributed by atoms with Crippen LogP contribution in [0.5, 0.6) is 0 Å². The number of urea groups is 1. The second kappa shape index (κ2) is 28.8. The summed E-state index contributed by atoms with van der Waals surface area (Å²) in [7, 11) is 1.87. The molecule has 2 saturated heterocycles. The highest BCUT2D eigenvalue weighted by molar-refractivity contribution is 8.00. The summed E-state index contributed by atoms with van der Waals surface area (Å²) in [6.07, 6.45) is 5.45. The lowest BCUT2D eigenvalue weighted by atomic mass is 10.0. The maximum atomic E-state index is 14.7. The maximum Gasteiger partial charge on any atom is 0.315 e. The summed E-state index contributed by atoms with van der Waals surface area (Å²) in [5, 5.41) is 12.0. The third-order valence-corrected chi connectivity index (χ3v) is 15.2. The number of carbonyl (C=O) groups is 7. The summed E-state index contributed by atoms with van der Waals surface area (Å²) in [4.78, 5) is 101. The molecule has 0 spiro atoms. The lowest BCUT2D eigenvalue weighted by molar-refractivity contribution is -0.148. The van der Waals surface area contributed by atoms with Crippen LogP contribution in [-0.2, 0) is 28.8 Å². The number of thioether (sulfide) groups is 1. The number of fused-ring (bicyclic) bond motifs is 1. The van der Waals surface area contributed by atoms with Crippen LogP contribution in [0, 0.1) is 0 Å². The summed E-state index contributed by atoms with van der Waals surface area (Å²) in [6, 6.07) is 26.3. The number of nitrogens with two attached hydrogens (primary N) is 2. The van der Waals surface area contributed by atoms with Crippen molar-refractivity contribution in [1.82, 2.24) is 40.9 Å². The van der Waals surface area contributed by atoms with Crippen LogP contribution in [0.4, 0.5) is 4.79 Å². The third kappa shape index (κ3) is 17.4. The average Bonchev–Trinajstić information content (AvgIpc) is 3.93. The van der Waals surface area contributed by atoms with E-state index in [2.05, 4.69) is 21.3 Å². The number of likely N-dealkylation sites (N-methyl/N-ethyl adjacent to an activating group) is 1. The van der Waals surface area contributed by atoms with Crippen molar-refractivity contribution in [3.8, 4) is 0 Å². The minimum Gasteiger partial charge on any atom is -0.368 e. The van der Waals surface area contributed by atoms with Gasteiger partial charge in [0.15, 0.2) is 0 Å². The van der Waals surface area contributed by atoms with E-state index in [1.807, 2.05) is 129 Å². The molecule has 0 saturated carbocycles. The Balaban J connectivity index is 1.21.